The number of carbonyl (C=O) groups excluding carboxylic acids is 1. The van der Waals surface area contributed by atoms with E-state index in [2.05, 4.69) is 10.5 Å². The van der Waals surface area contributed by atoms with Gasteiger partial charge in [-0.05, 0) is 12.5 Å². The Bertz CT molecular complexity index is 516. The van der Waals surface area contributed by atoms with Crippen molar-refractivity contribution in [3.63, 3.8) is 0 Å². The first-order valence-corrected chi connectivity index (χ1v) is 6.66. The van der Waals surface area contributed by atoms with Gasteiger partial charge in [-0.3, -0.25) is 4.79 Å². The maximum atomic E-state index is 12.3. The molecule has 0 bridgehead atoms. The van der Waals surface area contributed by atoms with Gasteiger partial charge < -0.3 is 21.0 Å². The molecule has 0 saturated heterocycles. The lowest BCUT2D eigenvalue weighted by molar-refractivity contribution is -0.124. The van der Waals surface area contributed by atoms with Crippen molar-refractivity contribution < 1.29 is 14.7 Å². The Hall–Kier alpha value is -2.24. The number of amidine groups is 1. The molecular weight excluding hydrogens is 258 g/mol. The Kier molecular flexibility index (Phi) is 4.45. The van der Waals surface area contributed by atoms with Gasteiger partial charge in [0.1, 0.15) is 12.4 Å². The van der Waals surface area contributed by atoms with Crippen molar-refractivity contribution in [3.05, 3.63) is 29.8 Å². The summed E-state index contributed by atoms with van der Waals surface area (Å²) in [5.41, 5.74) is 6.54. The van der Waals surface area contributed by atoms with E-state index < -0.39 is 5.92 Å². The predicted octanol–water partition coefficient (Wildman–Crippen LogP) is 1.40. The lowest BCUT2D eigenvalue weighted by atomic mass is 10.0. The van der Waals surface area contributed by atoms with Crippen LogP contribution in [0.5, 0.6) is 5.75 Å². The van der Waals surface area contributed by atoms with E-state index in [1.54, 1.807) is 0 Å². The van der Waals surface area contributed by atoms with Crippen molar-refractivity contribution >= 4 is 11.7 Å². The van der Waals surface area contributed by atoms with Crippen LogP contribution < -0.4 is 15.8 Å². The molecule has 1 aliphatic rings. The maximum Gasteiger partial charge on any atom is 0.231 e. The summed E-state index contributed by atoms with van der Waals surface area (Å²) in [7, 11) is 0. The number of rotatable bonds is 5. The Balaban J connectivity index is 2.08. The van der Waals surface area contributed by atoms with Gasteiger partial charge in [-0.25, -0.2) is 0 Å². The maximum absolute atomic E-state index is 12.3. The average molecular weight is 277 g/mol. The summed E-state index contributed by atoms with van der Waals surface area (Å²) in [6.45, 7) is 2.35. The molecule has 108 valence electrons. The minimum absolute atomic E-state index is 0.0587. The molecule has 2 unspecified atom stereocenters. The van der Waals surface area contributed by atoms with E-state index in [4.69, 9.17) is 15.7 Å². The molecule has 0 spiro atoms. The van der Waals surface area contributed by atoms with E-state index in [-0.39, 0.29) is 17.8 Å². The van der Waals surface area contributed by atoms with Crippen LogP contribution >= 0.6 is 0 Å². The number of nitrogens with two attached hydrogens (primary N) is 1. The summed E-state index contributed by atoms with van der Waals surface area (Å²) < 4.78 is 5.51. The van der Waals surface area contributed by atoms with Crippen LogP contribution in [0.2, 0.25) is 0 Å². The van der Waals surface area contributed by atoms with Crippen LogP contribution in [0.25, 0.3) is 0 Å². The molecule has 0 radical (unpaired) electrons. The molecule has 1 aromatic rings. The first kappa shape index (κ1) is 14.2. The van der Waals surface area contributed by atoms with Gasteiger partial charge in [0.05, 0.1) is 12.0 Å². The number of para-hydroxylation sites is 1. The fraction of sp³-hybridized carbons (Fsp3) is 0.429. The van der Waals surface area contributed by atoms with Gasteiger partial charge >= 0.3 is 0 Å². The zero-order valence-electron chi connectivity index (χ0n) is 11.4. The molecule has 20 heavy (non-hydrogen) atoms. The normalized spacial score (nSPS) is 19.1. The monoisotopic (exact) mass is 277 g/mol. The van der Waals surface area contributed by atoms with Crippen molar-refractivity contribution in [3.8, 4) is 5.75 Å². The fourth-order valence-electron chi connectivity index (χ4n) is 2.33. The van der Waals surface area contributed by atoms with Crippen LogP contribution in [0, 0.1) is 5.92 Å². The van der Waals surface area contributed by atoms with Crippen LogP contribution in [0.1, 0.15) is 31.4 Å². The Morgan fingerprint density at radius 3 is 3.05 bits per heavy atom. The van der Waals surface area contributed by atoms with Gasteiger partial charge in [-0.15, -0.1) is 0 Å². The zero-order valence-corrected chi connectivity index (χ0v) is 11.4. The lowest BCUT2D eigenvalue weighted by Crippen LogP contribution is -2.41. The SMILES string of the molecule is CCCC(C(=O)NC1COc2ccccc21)C(N)=NO. The summed E-state index contributed by atoms with van der Waals surface area (Å²) in [6, 6.07) is 7.39. The number of hydrogen-bond donors (Lipinski definition) is 3. The summed E-state index contributed by atoms with van der Waals surface area (Å²) >= 11 is 0. The molecule has 0 aliphatic carbocycles. The molecule has 4 N–H and O–H groups in total. The van der Waals surface area contributed by atoms with Crippen LogP contribution in [0.3, 0.4) is 0 Å². The third-order valence-electron chi connectivity index (χ3n) is 3.38. The first-order chi connectivity index (χ1) is 9.67. The quantitative estimate of drug-likeness (QED) is 0.328. The number of amides is 1. The molecule has 1 aliphatic heterocycles. The van der Waals surface area contributed by atoms with E-state index in [0.717, 1.165) is 17.7 Å². The predicted molar refractivity (Wildman–Crippen MR) is 74.6 cm³/mol. The molecule has 2 rings (SSSR count). The molecule has 6 nitrogen and oxygen atoms in total. The van der Waals surface area contributed by atoms with E-state index in [9.17, 15) is 4.79 Å². The summed E-state index contributed by atoms with van der Waals surface area (Å²) in [5, 5.41) is 14.6. The molecule has 0 aromatic heterocycles. The average Bonchev–Trinajstić information content (AvgIpc) is 2.87. The van der Waals surface area contributed by atoms with Gasteiger partial charge in [0.2, 0.25) is 5.91 Å². The second-order valence-corrected chi connectivity index (χ2v) is 4.78. The summed E-state index contributed by atoms with van der Waals surface area (Å²) in [6.07, 6.45) is 1.31. The summed E-state index contributed by atoms with van der Waals surface area (Å²) in [5.74, 6) is -0.129. The Labute approximate surface area is 117 Å². The molecule has 6 heteroatoms. The van der Waals surface area contributed by atoms with Crippen molar-refractivity contribution in [1.82, 2.24) is 5.32 Å². The van der Waals surface area contributed by atoms with Gasteiger partial charge in [-0.1, -0.05) is 36.7 Å². The molecule has 0 saturated carbocycles. The Morgan fingerprint density at radius 2 is 2.35 bits per heavy atom. The van der Waals surface area contributed by atoms with Gasteiger partial charge in [-0.2, -0.15) is 0 Å². The molecule has 1 heterocycles. The van der Waals surface area contributed by atoms with E-state index >= 15 is 0 Å². The minimum Gasteiger partial charge on any atom is -0.491 e. The van der Waals surface area contributed by atoms with E-state index in [0.29, 0.717) is 13.0 Å². The number of hydrogen-bond acceptors (Lipinski definition) is 4. The van der Waals surface area contributed by atoms with Crippen LogP contribution in [0.4, 0.5) is 0 Å². The van der Waals surface area contributed by atoms with E-state index in [1.807, 2.05) is 31.2 Å². The number of oxime groups is 1. The Morgan fingerprint density at radius 1 is 1.60 bits per heavy atom. The second-order valence-electron chi connectivity index (χ2n) is 4.78. The smallest absolute Gasteiger partial charge is 0.231 e. The molecule has 0 fully saturated rings. The largest absolute Gasteiger partial charge is 0.491 e. The highest BCUT2D eigenvalue weighted by Gasteiger charge is 2.29. The van der Waals surface area contributed by atoms with Crippen molar-refractivity contribution in [2.45, 2.75) is 25.8 Å². The fourth-order valence-corrected chi connectivity index (χ4v) is 2.33. The van der Waals surface area contributed by atoms with Crippen molar-refractivity contribution in [1.29, 1.82) is 0 Å². The van der Waals surface area contributed by atoms with Gasteiger partial charge in [0.25, 0.3) is 0 Å². The number of benzene rings is 1. The van der Waals surface area contributed by atoms with Crippen molar-refractivity contribution in [2.75, 3.05) is 6.61 Å². The second kappa shape index (κ2) is 6.27. The van der Waals surface area contributed by atoms with Gasteiger partial charge in [0.15, 0.2) is 5.84 Å². The number of carbonyl (C=O) groups is 1. The van der Waals surface area contributed by atoms with E-state index in [1.165, 1.54) is 0 Å². The highest BCUT2D eigenvalue weighted by molar-refractivity contribution is 6.02. The zero-order chi connectivity index (χ0) is 14.5. The molecular formula is C14H19N3O3. The minimum atomic E-state index is -0.613. The number of ether oxygens (including phenoxy) is 1. The summed E-state index contributed by atoms with van der Waals surface area (Å²) in [4.78, 5) is 12.3. The number of nitrogens with zero attached hydrogens (tertiary/aromatic N) is 1. The standard InChI is InChI=1S/C14H19N3O3/c1-2-5-10(13(15)17-19)14(18)16-11-8-20-12-7-4-3-6-9(11)12/h3-4,6-7,10-11,19H,2,5,8H2,1H3,(H2,15,17)(H,16,18). The first-order valence-electron chi connectivity index (χ1n) is 6.66. The number of fused-ring (bicyclic) bond motifs is 1. The topological polar surface area (TPSA) is 96.9 Å². The van der Waals surface area contributed by atoms with Crippen LogP contribution in [-0.2, 0) is 4.79 Å². The van der Waals surface area contributed by atoms with Crippen molar-refractivity contribution in [2.24, 2.45) is 16.8 Å². The highest BCUT2D eigenvalue weighted by atomic mass is 16.5. The van der Waals surface area contributed by atoms with Crippen LogP contribution in [-0.4, -0.2) is 23.6 Å². The third-order valence-corrected chi connectivity index (χ3v) is 3.38. The number of nitrogens with one attached hydrogen (secondary N) is 1. The van der Waals surface area contributed by atoms with Gasteiger partial charge in [0, 0.05) is 5.56 Å². The van der Waals surface area contributed by atoms with Crippen LogP contribution in [0.15, 0.2) is 29.4 Å². The third kappa shape index (κ3) is 2.84. The molecule has 1 aromatic carbocycles. The molecule has 2 atom stereocenters. The molecule has 1 amide bonds. The highest BCUT2D eigenvalue weighted by Crippen LogP contribution is 2.31. The lowest BCUT2D eigenvalue weighted by Gasteiger charge is -2.18.